The largest absolute Gasteiger partial charge is 0.491 e. The zero-order valence-electron chi connectivity index (χ0n) is 21.7. The van der Waals surface area contributed by atoms with Crippen LogP contribution in [0.15, 0.2) is 18.2 Å². The van der Waals surface area contributed by atoms with Crippen LogP contribution in [0.1, 0.15) is 43.4 Å². The van der Waals surface area contributed by atoms with Crippen LogP contribution in [0.2, 0.25) is 0 Å². The molecule has 1 saturated heterocycles. The van der Waals surface area contributed by atoms with Gasteiger partial charge in [-0.1, -0.05) is 13.8 Å². The minimum Gasteiger partial charge on any atom is -0.491 e. The first kappa shape index (κ1) is 27.5. The lowest BCUT2D eigenvalue weighted by Crippen LogP contribution is -2.57. The van der Waals surface area contributed by atoms with Crippen LogP contribution < -0.4 is 20.7 Å². The van der Waals surface area contributed by atoms with Crippen molar-refractivity contribution in [1.82, 2.24) is 30.2 Å². The van der Waals surface area contributed by atoms with Crippen molar-refractivity contribution in [3.05, 3.63) is 29.6 Å². The van der Waals surface area contributed by atoms with Gasteiger partial charge in [-0.2, -0.15) is 4.37 Å². The van der Waals surface area contributed by atoms with Crippen LogP contribution in [0.3, 0.4) is 0 Å². The third kappa shape index (κ3) is 5.94. The van der Waals surface area contributed by atoms with Gasteiger partial charge in [-0.05, 0) is 49.5 Å². The summed E-state index contributed by atoms with van der Waals surface area (Å²) in [7, 11) is 0. The van der Waals surface area contributed by atoms with Gasteiger partial charge in [0.15, 0.2) is 0 Å². The molecule has 0 saturated carbocycles. The van der Waals surface area contributed by atoms with Crippen molar-refractivity contribution in [2.45, 2.75) is 58.3 Å². The molecule has 3 heterocycles. The first-order valence-electron chi connectivity index (χ1n) is 12.5. The normalized spacial score (nSPS) is 25.3. The van der Waals surface area contributed by atoms with Crippen LogP contribution in [0.5, 0.6) is 5.75 Å². The van der Waals surface area contributed by atoms with E-state index < -0.39 is 47.9 Å². The van der Waals surface area contributed by atoms with Gasteiger partial charge >= 0.3 is 0 Å². The highest BCUT2D eigenvalue weighted by atomic mass is 32.1. The molecule has 1 fully saturated rings. The van der Waals surface area contributed by atoms with Gasteiger partial charge < -0.3 is 30.7 Å². The molecule has 2 aliphatic rings. The minimum absolute atomic E-state index is 0.0121. The Morgan fingerprint density at radius 2 is 1.92 bits per heavy atom. The molecule has 0 radical (unpaired) electrons. The second-order valence-electron chi connectivity index (χ2n) is 9.82. The van der Waals surface area contributed by atoms with Crippen LogP contribution in [-0.4, -0.2) is 86.9 Å². The summed E-state index contributed by atoms with van der Waals surface area (Å²) in [6, 6.07) is 2.25. The Hall–Kier alpha value is -3.58. The van der Waals surface area contributed by atoms with Gasteiger partial charge in [-0.3, -0.25) is 19.2 Å². The number of hydrogen-bond donors (Lipinski definition) is 4. The molecule has 12 nitrogen and oxygen atoms in total. The molecule has 204 valence electrons. The summed E-state index contributed by atoms with van der Waals surface area (Å²) in [4.78, 5) is 58.3. The van der Waals surface area contributed by atoms with Crippen LogP contribution in [0.25, 0.3) is 10.6 Å². The number of aliphatic hydroxyl groups excluding tert-OH is 1. The number of fused-ring (bicyclic) bond motifs is 2. The summed E-state index contributed by atoms with van der Waals surface area (Å²) < 4.78 is 10.1. The summed E-state index contributed by atoms with van der Waals surface area (Å²) in [6.45, 7) is 7.01. The Labute approximate surface area is 224 Å². The number of amides is 4. The second kappa shape index (κ2) is 11.4. The molecule has 2 aliphatic heterocycles. The number of carbonyl (C=O) groups is 4. The van der Waals surface area contributed by atoms with Crippen LogP contribution in [0.4, 0.5) is 0 Å². The third-order valence-electron chi connectivity index (χ3n) is 6.49. The molecule has 0 unspecified atom stereocenters. The highest BCUT2D eigenvalue weighted by Gasteiger charge is 2.41. The second-order valence-corrected chi connectivity index (χ2v) is 10.6. The number of aryl methyl sites for hydroxylation is 1. The smallest absolute Gasteiger partial charge is 0.255 e. The van der Waals surface area contributed by atoms with Crippen LogP contribution in [0, 0.1) is 12.8 Å². The van der Waals surface area contributed by atoms with E-state index in [4.69, 9.17) is 4.74 Å². The zero-order chi connectivity index (χ0) is 27.6. The van der Waals surface area contributed by atoms with Crippen molar-refractivity contribution in [2.75, 3.05) is 19.7 Å². The molecular weight excluding hydrogens is 512 g/mol. The molecule has 4 rings (SSSR count). The molecule has 2 aromatic rings. The number of ether oxygens (including phenoxy) is 1. The monoisotopic (exact) mass is 544 g/mol. The van der Waals surface area contributed by atoms with Gasteiger partial charge in [0.25, 0.3) is 5.91 Å². The number of nitrogens with zero attached hydrogens (tertiary/aromatic N) is 3. The highest BCUT2D eigenvalue weighted by molar-refractivity contribution is 7.09. The maximum Gasteiger partial charge on any atom is 0.255 e. The van der Waals surface area contributed by atoms with E-state index in [0.717, 1.165) is 0 Å². The molecular formula is C25H32N6O6S. The number of aromatic nitrogens is 2. The highest BCUT2D eigenvalue weighted by Crippen LogP contribution is 2.28. The minimum atomic E-state index is -0.975. The number of nitrogens with one attached hydrogen (secondary N) is 3. The fourth-order valence-electron chi connectivity index (χ4n) is 4.51. The zero-order valence-corrected chi connectivity index (χ0v) is 22.5. The van der Waals surface area contributed by atoms with E-state index in [1.807, 2.05) is 0 Å². The first-order chi connectivity index (χ1) is 18.0. The Balaban J connectivity index is 1.67. The molecule has 38 heavy (non-hydrogen) atoms. The molecule has 4 amide bonds. The van der Waals surface area contributed by atoms with Crippen molar-refractivity contribution in [3.8, 4) is 16.3 Å². The van der Waals surface area contributed by atoms with Gasteiger partial charge in [0, 0.05) is 18.5 Å². The number of carbonyl (C=O) groups excluding carboxylic acids is 4. The van der Waals surface area contributed by atoms with Crippen LogP contribution in [-0.2, 0) is 14.4 Å². The quantitative estimate of drug-likeness (QED) is 0.418. The summed E-state index contributed by atoms with van der Waals surface area (Å²) >= 11 is 1.20. The van der Waals surface area contributed by atoms with E-state index in [-0.39, 0.29) is 43.3 Å². The lowest BCUT2D eigenvalue weighted by atomic mass is 10.0. The van der Waals surface area contributed by atoms with E-state index in [2.05, 4.69) is 25.3 Å². The SMILES string of the molecule is Cc1nsc(-c2ccc3c(c2)C(=O)N[C@@H](C(C)C)C(=O)N[C@H](C)C(=O)N2C[C@@H](O)C[C@H]2C(=O)NCCO3)n1. The third-order valence-corrected chi connectivity index (χ3v) is 7.34. The number of benzene rings is 1. The number of rotatable bonds is 2. The molecule has 4 N–H and O–H groups in total. The van der Waals surface area contributed by atoms with Gasteiger partial charge in [-0.15, -0.1) is 0 Å². The first-order valence-corrected chi connectivity index (χ1v) is 13.3. The molecule has 4 atom stereocenters. The number of aliphatic hydroxyl groups is 1. The fraction of sp³-hybridized carbons (Fsp3) is 0.520. The van der Waals surface area contributed by atoms with Gasteiger partial charge in [0.1, 0.15) is 41.3 Å². The van der Waals surface area contributed by atoms with Gasteiger partial charge in [0.2, 0.25) is 17.7 Å². The van der Waals surface area contributed by atoms with Crippen molar-refractivity contribution < 1.29 is 29.0 Å². The van der Waals surface area contributed by atoms with Gasteiger partial charge in [-0.25, -0.2) is 4.98 Å². The molecule has 0 spiro atoms. The van der Waals surface area contributed by atoms with Crippen molar-refractivity contribution in [1.29, 1.82) is 0 Å². The van der Waals surface area contributed by atoms with E-state index in [1.165, 1.54) is 23.4 Å². The van der Waals surface area contributed by atoms with Crippen LogP contribution >= 0.6 is 11.5 Å². The Kier molecular flexibility index (Phi) is 8.26. The summed E-state index contributed by atoms with van der Waals surface area (Å²) in [5.41, 5.74) is 0.863. The maximum atomic E-state index is 13.5. The molecule has 1 aromatic heterocycles. The molecule has 0 bridgehead atoms. The topological polar surface area (TPSA) is 163 Å². The van der Waals surface area contributed by atoms with E-state index in [0.29, 0.717) is 16.4 Å². The summed E-state index contributed by atoms with van der Waals surface area (Å²) in [6.07, 6.45) is -0.753. The standard InChI is InChI=1S/C25H32N6O6S/c1-12(2)20-23(35)27-13(3)25(36)31-11-16(32)10-18(31)22(34)26-7-8-37-19-6-5-15(9-17(19)21(33)29-20)24-28-14(4)30-38-24/h5-6,9,12-13,16,18,20,32H,7-8,10-11H2,1-4H3,(H,26,34)(H,27,35)(H,29,33)/t13-,16+,18+,20+/m1/s1. The Bertz CT molecular complexity index is 1230. The van der Waals surface area contributed by atoms with Crippen molar-refractivity contribution in [2.24, 2.45) is 5.92 Å². The molecule has 1 aromatic carbocycles. The Morgan fingerprint density at radius 1 is 1.16 bits per heavy atom. The summed E-state index contributed by atoms with van der Waals surface area (Å²) in [5, 5.41) is 19.0. The lowest BCUT2D eigenvalue weighted by Gasteiger charge is -2.29. The van der Waals surface area contributed by atoms with Crippen molar-refractivity contribution >= 4 is 35.2 Å². The van der Waals surface area contributed by atoms with E-state index in [9.17, 15) is 24.3 Å². The molecule has 13 heteroatoms. The number of hydrogen-bond acceptors (Lipinski definition) is 9. The van der Waals surface area contributed by atoms with E-state index >= 15 is 0 Å². The van der Waals surface area contributed by atoms with Crippen molar-refractivity contribution in [3.63, 3.8) is 0 Å². The maximum absolute atomic E-state index is 13.5. The average molecular weight is 545 g/mol. The lowest BCUT2D eigenvalue weighted by molar-refractivity contribution is -0.141. The summed E-state index contributed by atoms with van der Waals surface area (Å²) in [5.74, 6) is -1.40. The average Bonchev–Trinajstić information content (AvgIpc) is 3.49. The fourth-order valence-corrected chi connectivity index (χ4v) is 5.17. The van der Waals surface area contributed by atoms with E-state index in [1.54, 1.807) is 39.0 Å². The predicted octanol–water partition coefficient (Wildman–Crippen LogP) is 0.243. The van der Waals surface area contributed by atoms with Gasteiger partial charge in [0.05, 0.1) is 18.2 Å². The predicted molar refractivity (Wildman–Crippen MR) is 138 cm³/mol. The Morgan fingerprint density at radius 3 is 2.61 bits per heavy atom. The molecule has 0 aliphatic carbocycles.